The zero-order chi connectivity index (χ0) is 23.4. The van der Waals surface area contributed by atoms with Gasteiger partial charge in [-0.2, -0.15) is 0 Å². The van der Waals surface area contributed by atoms with Crippen LogP contribution >= 0.6 is 0 Å². The second-order valence-corrected chi connectivity index (χ2v) is 7.87. The molecule has 0 aromatic heterocycles. The third kappa shape index (κ3) is 4.77. The first-order valence-electron chi connectivity index (χ1n) is 10.8. The van der Waals surface area contributed by atoms with Crippen molar-refractivity contribution in [1.82, 2.24) is 20.0 Å². The Labute approximate surface area is 190 Å². The van der Waals surface area contributed by atoms with Crippen molar-refractivity contribution in [3.63, 3.8) is 0 Å². The molecule has 33 heavy (non-hydrogen) atoms. The maximum Gasteiger partial charge on any atom is 0.261 e. The average molecular weight is 448 g/mol. The number of hydrogen-bond acceptors (Lipinski definition) is 5. The molecule has 2 aromatic rings. The first-order chi connectivity index (χ1) is 16.0. The number of carbonyl (C=O) groups excluding carboxylic acids is 5. The predicted octanol–water partition coefficient (Wildman–Crippen LogP) is 0.774. The van der Waals surface area contributed by atoms with Gasteiger partial charge in [-0.15, -0.1) is 0 Å². The number of carbonyl (C=O) groups is 5. The van der Waals surface area contributed by atoms with E-state index in [1.54, 1.807) is 58.3 Å². The van der Waals surface area contributed by atoms with Crippen LogP contribution in [0.3, 0.4) is 0 Å². The zero-order valence-electron chi connectivity index (χ0n) is 18.0. The number of rotatable bonds is 6. The molecule has 1 fully saturated rings. The predicted molar refractivity (Wildman–Crippen MR) is 118 cm³/mol. The van der Waals surface area contributed by atoms with Crippen LogP contribution in [0.25, 0.3) is 0 Å². The Kier molecular flexibility index (Phi) is 6.48. The summed E-state index contributed by atoms with van der Waals surface area (Å²) < 4.78 is 0. The average Bonchev–Trinajstić information content (AvgIpc) is 3.11. The number of amides is 5. The number of piperazine rings is 1. The minimum atomic E-state index is -0.378. The molecule has 170 valence electrons. The van der Waals surface area contributed by atoms with Crippen LogP contribution in [0, 0.1) is 0 Å². The first-order valence-corrected chi connectivity index (χ1v) is 10.8. The summed E-state index contributed by atoms with van der Waals surface area (Å²) in [6.45, 7) is 1.35. The molecule has 2 aliphatic heterocycles. The van der Waals surface area contributed by atoms with E-state index < -0.39 is 0 Å². The van der Waals surface area contributed by atoms with E-state index >= 15 is 0 Å². The number of fused-ring (bicyclic) bond motifs is 1. The Hall–Kier alpha value is -4.01. The van der Waals surface area contributed by atoms with Gasteiger partial charge in [-0.1, -0.05) is 30.3 Å². The minimum absolute atomic E-state index is 0.0237. The number of benzene rings is 2. The Balaban J connectivity index is 1.21. The molecule has 0 spiro atoms. The van der Waals surface area contributed by atoms with Crippen LogP contribution in [0.4, 0.5) is 0 Å². The van der Waals surface area contributed by atoms with E-state index in [4.69, 9.17) is 0 Å². The van der Waals surface area contributed by atoms with Gasteiger partial charge < -0.3 is 15.1 Å². The van der Waals surface area contributed by atoms with Gasteiger partial charge in [-0.25, -0.2) is 0 Å². The van der Waals surface area contributed by atoms with Crippen LogP contribution in [0.1, 0.15) is 37.5 Å². The molecule has 0 atom stereocenters. The molecule has 9 nitrogen and oxygen atoms in total. The van der Waals surface area contributed by atoms with Gasteiger partial charge in [0.25, 0.3) is 17.7 Å². The molecule has 0 unspecified atom stereocenters. The monoisotopic (exact) mass is 448 g/mol. The van der Waals surface area contributed by atoms with Gasteiger partial charge in [0.1, 0.15) is 0 Å². The van der Waals surface area contributed by atoms with E-state index in [-0.39, 0.29) is 49.0 Å². The summed E-state index contributed by atoms with van der Waals surface area (Å²) in [5, 5.41) is 2.62. The van der Waals surface area contributed by atoms with Crippen molar-refractivity contribution in [1.29, 1.82) is 0 Å². The van der Waals surface area contributed by atoms with Crippen molar-refractivity contribution >= 4 is 29.5 Å². The van der Waals surface area contributed by atoms with E-state index in [1.165, 1.54) is 0 Å². The molecule has 0 bridgehead atoms. The summed E-state index contributed by atoms with van der Waals surface area (Å²) in [7, 11) is 0. The lowest BCUT2D eigenvalue weighted by molar-refractivity contribution is -0.139. The van der Waals surface area contributed by atoms with Gasteiger partial charge in [-0.05, 0) is 24.3 Å². The Bertz CT molecular complexity index is 1060. The Morgan fingerprint density at radius 2 is 1.24 bits per heavy atom. The molecule has 0 aliphatic carbocycles. The molecule has 9 heteroatoms. The van der Waals surface area contributed by atoms with Crippen LogP contribution < -0.4 is 5.32 Å². The fraction of sp³-hybridized carbons (Fsp3) is 0.292. The standard InChI is InChI=1S/C24H24N4O5/c29-20(10-11-28-23(32)18-8-4-5-9-19(18)24(28)33)26-12-14-27(15-13-26)21(30)16-25-22(31)17-6-2-1-3-7-17/h1-9H,10-16H2,(H,25,31). The molecule has 1 N–H and O–H groups in total. The highest BCUT2D eigenvalue weighted by molar-refractivity contribution is 6.21. The lowest BCUT2D eigenvalue weighted by Gasteiger charge is -2.35. The maximum atomic E-state index is 12.6. The van der Waals surface area contributed by atoms with E-state index in [0.29, 0.717) is 42.9 Å². The molecule has 2 aromatic carbocycles. The number of hydrogen-bond donors (Lipinski definition) is 1. The van der Waals surface area contributed by atoms with E-state index in [0.717, 1.165) is 4.90 Å². The summed E-state index contributed by atoms with van der Waals surface area (Å²) in [6.07, 6.45) is 0.0343. The quantitative estimate of drug-likeness (QED) is 0.657. The van der Waals surface area contributed by atoms with Crippen LogP contribution in [0.15, 0.2) is 54.6 Å². The van der Waals surface area contributed by atoms with E-state index in [1.807, 2.05) is 6.07 Å². The topological polar surface area (TPSA) is 107 Å². The summed E-state index contributed by atoms with van der Waals surface area (Å²) in [5.74, 6) is -1.45. The van der Waals surface area contributed by atoms with Gasteiger partial charge in [0.05, 0.1) is 17.7 Å². The van der Waals surface area contributed by atoms with Crippen molar-refractivity contribution in [3.05, 3.63) is 71.3 Å². The summed E-state index contributed by atoms with van der Waals surface area (Å²) in [4.78, 5) is 66.3. The smallest absolute Gasteiger partial charge is 0.261 e. The molecule has 0 radical (unpaired) electrons. The minimum Gasteiger partial charge on any atom is -0.343 e. The highest BCUT2D eigenvalue weighted by atomic mass is 16.2. The van der Waals surface area contributed by atoms with E-state index in [2.05, 4.69) is 5.32 Å². The van der Waals surface area contributed by atoms with Crippen LogP contribution in [-0.2, 0) is 9.59 Å². The molecule has 1 saturated heterocycles. The Morgan fingerprint density at radius 1 is 0.727 bits per heavy atom. The largest absolute Gasteiger partial charge is 0.343 e. The summed E-state index contributed by atoms with van der Waals surface area (Å²) >= 11 is 0. The molecule has 4 rings (SSSR count). The van der Waals surface area contributed by atoms with Crippen molar-refractivity contribution in [2.24, 2.45) is 0 Å². The molecular weight excluding hydrogens is 424 g/mol. The summed E-state index contributed by atoms with van der Waals surface area (Å²) in [6, 6.07) is 15.3. The van der Waals surface area contributed by atoms with Gasteiger partial charge in [0.2, 0.25) is 11.8 Å². The zero-order valence-corrected chi connectivity index (χ0v) is 18.0. The van der Waals surface area contributed by atoms with Crippen LogP contribution in [0.2, 0.25) is 0 Å². The molecular formula is C24H24N4O5. The first kappa shape index (κ1) is 22.2. The van der Waals surface area contributed by atoms with Gasteiger partial charge in [0, 0.05) is 44.7 Å². The van der Waals surface area contributed by atoms with Crippen molar-refractivity contribution in [3.8, 4) is 0 Å². The van der Waals surface area contributed by atoms with Gasteiger partial charge in [0.15, 0.2) is 0 Å². The molecule has 0 saturated carbocycles. The number of imide groups is 1. The molecule has 2 heterocycles. The second-order valence-electron chi connectivity index (χ2n) is 7.87. The van der Waals surface area contributed by atoms with Crippen LogP contribution in [0.5, 0.6) is 0 Å². The van der Waals surface area contributed by atoms with Gasteiger partial charge >= 0.3 is 0 Å². The lowest BCUT2D eigenvalue weighted by atomic mass is 10.1. The fourth-order valence-corrected chi connectivity index (χ4v) is 3.97. The maximum absolute atomic E-state index is 12.6. The number of nitrogens with one attached hydrogen (secondary N) is 1. The fourth-order valence-electron chi connectivity index (χ4n) is 3.97. The van der Waals surface area contributed by atoms with Gasteiger partial charge in [-0.3, -0.25) is 28.9 Å². The summed E-state index contributed by atoms with van der Waals surface area (Å²) in [5.41, 5.74) is 1.21. The molecule has 2 aliphatic rings. The normalized spacial score (nSPS) is 15.5. The molecule has 5 amide bonds. The SMILES string of the molecule is O=C(NCC(=O)N1CCN(C(=O)CCN2C(=O)c3ccccc3C2=O)CC1)c1ccccc1. The van der Waals surface area contributed by atoms with Crippen molar-refractivity contribution < 1.29 is 24.0 Å². The number of nitrogens with zero attached hydrogens (tertiary/aromatic N) is 3. The third-order valence-electron chi connectivity index (χ3n) is 5.85. The van der Waals surface area contributed by atoms with Crippen molar-refractivity contribution in [2.75, 3.05) is 39.3 Å². The second kappa shape index (κ2) is 9.64. The lowest BCUT2D eigenvalue weighted by Crippen LogP contribution is -2.53. The van der Waals surface area contributed by atoms with Crippen molar-refractivity contribution in [2.45, 2.75) is 6.42 Å². The third-order valence-corrected chi connectivity index (χ3v) is 5.85. The van der Waals surface area contributed by atoms with E-state index in [9.17, 15) is 24.0 Å². The highest BCUT2D eigenvalue weighted by Gasteiger charge is 2.35. The Morgan fingerprint density at radius 3 is 1.82 bits per heavy atom. The highest BCUT2D eigenvalue weighted by Crippen LogP contribution is 2.22. The van der Waals surface area contributed by atoms with Crippen LogP contribution in [-0.4, -0.2) is 83.5 Å².